The summed E-state index contributed by atoms with van der Waals surface area (Å²) >= 11 is 5.99. The first-order valence-corrected chi connectivity index (χ1v) is 11.3. The van der Waals surface area contributed by atoms with Crippen molar-refractivity contribution in [2.45, 2.75) is 12.1 Å². The highest BCUT2D eigenvalue weighted by molar-refractivity contribution is 6.30. The summed E-state index contributed by atoms with van der Waals surface area (Å²) in [5.41, 5.74) is 4.09. The largest absolute Gasteiger partial charge is 0.493 e. The van der Waals surface area contributed by atoms with E-state index >= 15 is 0 Å². The standard InChI is InChI=1S/C26H20ClFN4O3/c1-33-20-10-8-14(12-21(20)34-2)24-22-23(31-26-29-13-30-32(24)26)16-5-3-4-6-19(16)35-25(22)15-7-9-17(27)18(28)11-15/h3-13,24-25H,1-2H3,(H,29,30,31)/t24-,25-/m1/s1. The normalized spacial score (nSPS) is 18.1. The molecule has 0 saturated carbocycles. The van der Waals surface area contributed by atoms with Crippen LogP contribution < -0.4 is 19.5 Å². The summed E-state index contributed by atoms with van der Waals surface area (Å²) in [6.45, 7) is 0. The molecular weight excluding hydrogens is 471 g/mol. The minimum absolute atomic E-state index is 0.0518. The average Bonchev–Trinajstić information content (AvgIpc) is 3.36. The fourth-order valence-corrected chi connectivity index (χ4v) is 4.83. The molecule has 6 rings (SSSR count). The molecule has 3 heterocycles. The Morgan fingerprint density at radius 2 is 1.80 bits per heavy atom. The van der Waals surface area contributed by atoms with E-state index < -0.39 is 18.0 Å². The Morgan fingerprint density at radius 3 is 2.60 bits per heavy atom. The first kappa shape index (κ1) is 21.5. The SMILES string of the molecule is COc1ccc([C@@H]2C3=C(Nc4ncnn42)c2ccccc2O[C@@H]3c2ccc(Cl)c(F)c2)cc1OC. The van der Waals surface area contributed by atoms with Crippen LogP contribution in [-0.2, 0) is 0 Å². The number of aromatic nitrogens is 3. The molecule has 2 atom stereocenters. The predicted octanol–water partition coefficient (Wildman–Crippen LogP) is 5.65. The highest BCUT2D eigenvalue weighted by atomic mass is 35.5. The minimum Gasteiger partial charge on any atom is -0.493 e. The third kappa shape index (κ3) is 3.40. The van der Waals surface area contributed by atoms with Gasteiger partial charge in [-0.3, -0.25) is 0 Å². The summed E-state index contributed by atoms with van der Waals surface area (Å²) in [6.07, 6.45) is 0.882. The first-order chi connectivity index (χ1) is 17.1. The van der Waals surface area contributed by atoms with Gasteiger partial charge in [-0.2, -0.15) is 10.1 Å². The molecule has 0 saturated heterocycles. The number of rotatable bonds is 4. The lowest BCUT2D eigenvalue weighted by atomic mass is 9.84. The van der Waals surface area contributed by atoms with Crippen molar-refractivity contribution in [3.05, 3.63) is 100 Å². The lowest BCUT2D eigenvalue weighted by Crippen LogP contribution is -2.32. The summed E-state index contributed by atoms with van der Waals surface area (Å²) in [5.74, 6) is 1.94. The maximum absolute atomic E-state index is 14.6. The summed E-state index contributed by atoms with van der Waals surface area (Å²) in [7, 11) is 3.18. The zero-order valence-corrected chi connectivity index (χ0v) is 19.6. The minimum atomic E-state index is -0.616. The molecule has 0 bridgehead atoms. The van der Waals surface area contributed by atoms with Crippen LogP contribution in [0, 0.1) is 5.82 Å². The number of nitrogens with zero attached hydrogens (tertiary/aromatic N) is 3. The van der Waals surface area contributed by atoms with Crippen LogP contribution in [0.1, 0.15) is 28.8 Å². The molecule has 2 aliphatic heterocycles. The highest BCUT2D eigenvalue weighted by Gasteiger charge is 2.41. The number of ether oxygens (including phenoxy) is 3. The van der Waals surface area contributed by atoms with E-state index in [9.17, 15) is 4.39 Å². The Hall–Kier alpha value is -4.04. The van der Waals surface area contributed by atoms with Gasteiger partial charge in [0.15, 0.2) is 11.5 Å². The molecule has 2 aliphatic rings. The fourth-order valence-electron chi connectivity index (χ4n) is 4.71. The van der Waals surface area contributed by atoms with Crippen LogP contribution in [0.5, 0.6) is 17.2 Å². The van der Waals surface area contributed by atoms with E-state index in [0.717, 1.165) is 22.4 Å². The number of hydrogen-bond acceptors (Lipinski definition) is 6. The third-order valence-corrected chi connectivity index (χ3v) is 6.60. The molecule has 1 N–H and O–H groups in total. The van der Waals surface area contributed by atoms with Crippen molar-refractivity contribution < 1.29 is 18.6 Å². The molecule has 35 heavy (non-hydrogen) atoms. The van der Waals surface area contributed by atoms with E-state index in [0.29, 0.717) is 28.8 Å². The summed E-state index contributed by atoms with van der Waals surface area (Å²) < 4.78 is 33.9. The van der Waals surface area contributed by atoms with Crippen molar-refractivity contribution in [1.82, 2.24) is 14.8 Å². The monoisotopic (exact) mass is 490 g/mol. The van der Waals surface area contributed by atoms with E-state index in [1.165, 1.54) is 12.4 Å². The van der Waals surface area contributed by atoms with E-state index in [1.807, 2.05) is 42.5 Å². The molecule has 7 nitrogen and oxygen atoms in total. The predicted molar refractivity (Wildman–Crippen MR) is 129 cm³/mol. The van der Waals surface area contributed by atoms with Gasteiger partial charge in [0.1, 0.15) is 30.0 Å². The smallest absolute Gasteiger partial charge is 0.226 e. The van der Waals surface area contributed by atoms with Gasteiger partial charge in [0.05, 0.1) is 24.9 Å². The van der Waals surface area contributed by atoms with Crippen LogP contribution in [0.25, 0.3) is 5.70 Å². The van der Waals surface area contributed by atoms with Crippen LogP contribution in [0.2, 0.25) is 5.02 Å². The van der Waals surface area contributed by atoms with Crippen LogP contribution >= 0.6 is 11.6 Å². The van der Waals surface area contributed by atoms with Gasteiger partial charge in [-0.25, -0.2) is 9.07 Å². The second kappa shape index (κ2) is 8.32. The lowest BCUT2D eigenvalue weighted by molar-refractivity contribution is 0.222. The summed E-state index contributed by atoms with van der Waals surface area (Å²) in [5, 5.41) is 7.98. The molecule has 0 aliphatic carbocycles. The molecule has 0 amide bonds. The number of methoxy groups -OCH3 is 2. The van der Waals surface area contributed by atoms with Crippen molar-refractivity contribution in [2.24, 2.45) is 0 Å². The maximum atomic E-state index is 14.6. The van der Waals surface area contributed by atoms with Gasteiger partial charge >= 0.3 is 0 Å². The number of halogens is 2. The second-order valence-electron chi connectivity index (χ2n) is 8.17. The molecule has 0 unspecified atom stereocenters. The van der Waals surface area contributed by atoms with Crippen LogP contribution in [0.3, 0.4) is 0 Å². The second-order valence-corrected chi connectivity index (χ2v) is 8.58. The zero-order chi connectivity index (χ0) is 24.1. The number of benzene rings is 3. The van der Waals surface area contributed by atoms with Gasteiger partial charge < -0.3 is 19.5 Å². The maximum Gasteiger partial charge on any atom is 0.226 e. The highest BCUT2D eigenvalue weighted by Crippen LogP contribution is 2.51. The Labute approximate surface area is 205 Å². The average molecular weight is 491 g/mol. The Bertz CT molecular complexity index is 1490. The van der Waals surface area contributed by atoms with Gasteiger partial charge in [0.25, 0.3) is 0 Å². The Kier molecular flexibility index (Phi) is 5.11. The zero-order valence-electron chi connectivity index (χ0n) is 18.8. The molecule has 0 radical (unpaired) electrons. The molecule has 4 aromatic rings. The molecule has 0 spiro atoms. The Balaban J connectivity index is 1.62. The van der Waals surface area contributed by atoms with Gasteiger partial charge in [0, 0.05) is 11.1 Å². The van der Waals surface area contributed by atoms with Crippen LogP contribution in [0.4, 0.5) is 10.3 Å². The molecule has 3 aromatic carbocycles. The third-order valence-electron chi connectivity index (χ3n) is 6.29. The van der Waals surface area contributed by atoms with Crippen LogP contribution in [0.15, 0.2) is 72.6 Å². The van der Waals surface area contributed by atoms with Crippen molar-refractivity contribution in [3.63, 3.8) is 0 Å². The number of para-hydroxylation sites is 1. The number of nitrogens with one attached hydrogen (secondary N) is 1. The van der Waals surface area contributed by atoms with Crippen molar-refractivity contribution >= 4 is 23.2 Å². The summed E-state index contributed by atoms with van der Waals surface area (Å²) in [6, 6.07) is 17.7. The molecule has 9 heteroatoms. The van der Waals surface area contributed by atoms with Gasteiger partial charge in [-0.1, -0.05) is 35.9 Å². The van der Waals surface area contributed by atoms with E-state index in [-0.39, 0.29) is 5.02 Å². The summed E-state index contributed by atoms with van der Waals surface area (Å²) in [4.78, 5) is 4.43. The van der Waals surface area contributed by atoms with Crippen LogP contribution in [-0.4, -0.2) is 29.0 Å². The topological polar surface area (TPSA) is 70.4 Å². The first-order valence-electron chi connectivity index (χ1n) is 10.9. The van der Waals surface area contributed by atoms with E-state index in [1.54, 1.807) is 31.0 Å². The van der Waals surface area contributed by atoms with Gasteiger partial charge in [-0.15, -0.1) is 0 Å². The van der Waals surface area contributed by atoms with Crippen molar-refractivity contribution in [1.29, 1.82) is 0 Å². The molecule has 1 aromatic heterocycles. The fraction of sp³-hybridized carbons (Fsp3) is 0.154. The number of anilines is 1. The quantitative estimate of drug-likeness (QED) is 0.399. The lowest BCUT2D eigenvalue weighted by Gasteiger charge is -2.39. The van der Waals surface area contributed by atoms with Crippen molar-refractivity contribution in [3.8, 4) is 17.2 Å². The van der Waals surface area contributed by atoms with Crippen molar-refractivity contribution in [2.75, 3.05) is 19.5 Å². The molecule has 176 valence electrons. The molecular formula is C26H20ClFN4O3. The molecule has 0 fully saturated rings. The number of fused-ring (bicyclic) bond motifs is 3. The number of hydrogen-bond donors (Lipinski definition) is 1. The Morgan fingerprint density at radius 1 is 1.00 bits per heavy atom. The van der Waals surface area contributed by atoms with E-state index in [2.05, 4.69) is 15.4 Å². The van der Waals surface area contributed by atoms with E-state index in [4.69, 9.17) is 25.8 Å². The van der Waals surface area contributed by atoms with Gasteiger partial charge in [-0.05, 0) is 47.5 Å². The van der Waals surface area contributed by atoms with Gasteiger partial charge in [0.2, 0.25) is 5.95 Å².